The maximum Gasteiger partial charge on any atom is 0.0769 e. The van der Waals surface area contributed by atoms with Crippen molar-refractivity contribution >= 4 is 0 Å². The highest BCUT2D eigenvalue weighted by Gasteiger charge is 2.50. The fraction of sp³-hybridized carbons (Fsp3) is 0.562. The average molecular weight is 242 g/mol. The highest BCUT2D eigenvalue weighted by Crippen LogP contribution is 2.54. The molecule has 0 saturated heterocycles. The van der Waals surface area contributed by atoms with Crippen LogP contribution in [0.15, 0.2) is 24.3 Å². The van der Waals surface area contributed by atoms with E-state index in [1.807, 2.05) is 7.05 Å². The van der Waals surface area contributed by atoms with Crippen molar-refractivity contribution in [2.24, 2.45) is 5.41 Å². The second-order valence-corrected chi connectivity index (χ2v) is 5.47. The Balaban J connectivity index is 2.21. The molecule has 1 saturated carbocycles. The van der Waals surface area contributed by atoms with Crippen LogP contribution in [0.4, 0.5) is 0 Å². The summed E-state index contributed by atoms with van der Waals surface area (Å²) in [5.74, 6) is 0.609. The highest BCUT2D eigenvalue weighted by atomic mass is 14.9. The van der Waals surface area contributed by atoms with Crippen molar-refractivity contribution in [1.29, 1.82) is 5.26 Å². The van der Waals surface area contributed by atoms with Gasteiger partial charge in [-0.25, -0.2) is 0 Å². The molecule has 0 bridgehead atoms. The van der Waals surface area contributed by atoms with Crippen molar-refractivity contribution in [1.82, 2.24) is 5.32 Å². The summed E-state index contributed by atoms with van der Waals surface area (Å²) >= 11 is 0. The number of nitrogens with zero attached hydrogens (tertiary/aromatic N) is 1. The minimum Gasteiger partial charge on any atom is -0.312 e. The third-order valence-electron chi connectivity index (χ3n) is 4.30. The SMILES string of the molecule is CCC(C)c1ccc(C(NC)C2(C#N)CC2)cc1. The molecule has 1 aliphatic rings. The Labute approximate surface area is 110 Å². The Kier molecular flexibility index (Phi) is 3.73. The van der Waals surface area contributed by atoms with E-state index in [1.165, 1.54) is 11.1 Å². The number of benzene rings is 1. The van der Waals surface area contributed by atoms with Crippen LogP contribution >= 0.6 is 0 Å². The van der Waals surface area contributed by atoms with Gasteiger partial charge in [-0.3, -0.25) is 0 Å². The van der Waals surface area contributed by atoms with Gasteiger partial charge >= 0.3 is 0 Å². The van der Waals surface area contributed by atoms with Gasteiger partial charge in [0.05, 0.1) is 17.5 Å². The summed E-state index contributed by atoms with van der Waals surface area (Å²) in [6.45, 7) is 4.46. The van der Waals surface area contributed by atoms with Crippen LogP contribution in [0.1, 0.15) is 56.2 Å². The van der Waals surface area contributed by atoms with Crippen molar-refractivity contribution in [2.45, 2.75) is 45.1 Å². The maximum atomic E-state index is 9.31. The molecule has 0 aromatic heterocycles. The van der Waals surface area contributed by atoms with Gasteiger partial charge in [-0.15, -0.1) is 0 Å². The van der Waals surface area contributed by atoms with Gasteiger partial charge in [-0.1, -0.05) is 38.1 Å². The van der Waals surface area contributed by atoms with Crippen LogP contribution < -0.4 is 5.32 Å². The van der Waals surface area contributed by atoms with Crippen molar-refractivity contribution in [3.63, 3.8) is 0 Å². The summed E-state index contributed by atoms with van der Waals surface area (Å²) in [4.78, 5) is 0. The van der Waals surface area contributed by atoms with Crippen LogP contribution in [0.2, 0.25) is 0 Å². The molecule has 0 spiro atoms. The zero-order valence-electron chi connectivity index (χ0n) is 11.5. The number of nitrogens with one attached hydrogen (secondary N) is 1. The Bertz CT molecular complexity index is 437. The molecule has 1 aliphatic carbocycles. The van der Waals surface area contributed by atoms with E-state index in [-0.39, 0.29) is 11.5 Å². The molecule has 1 aromatic rings. The molecule has 0 aliphatic heterocycles. The fourth-order valence-corrected chi connectivity index (χ4v) is 2.61. The minimum absolute atomic E-state index is 0.160. The molecule has 96 valence electrons. The topological polar surface area (TPSA) is 35.8 Å². The first-order valence-corrected chi connectivity index (χ1v) is 6.85. The van der Waals surface area contributed by atoms with E-state index in [0.29, 0.717) is 5.92 Å². The van der Waals surface area contributed by atoms with E-state index in [0.717, 1.165) is 19.3 Å². The Morgan fingerprint density at radius 1 is 1.28 bits per heavy atom. The molecule has 1 aromatic carbocycles. The van der Waals surface area contributed by atoms with Crippen molar-refractivity contribution in [2.75, 3.05) is 7.05 Å². The summed E-state index contributed by atoms with van der Waals surface area (Å²) in [5.41, 5.74) is 2.47. The smallest absolute Gasteiger partial charge is 0.0769 e. The molecule has 0 heterocycles. The van der Waals surface area contributed by atoms with E-state index in [9.17, 15) is 5.26 Å². The molecule has 2 nitrogen and oxygen atoms in total. The summed E-state index contributed by atoms with van der Waals surface area (Å²) in [6, 6.07) is 11.4. The number of hydrogen-bond acceptors (Lipinski definition) is 2. The van der Waals surface area contributed by atoms with Gasteiger partial charge in [0, 0.05) is 0 Å². The third-order valence-corrected chi connectivity index (χ3v) is 4.30. The van der Waals surface area contributed by atoms with Crippen molar-refractivity contribution in [3.05, 3.63) is 35.4 Å². The molecule has 18 heavy (non-hydrogen) atoms. The van der Waals surface area contributed by atoms with Gasteiger partial charge in [-0.2, -0.15) is 5.26 Å². The van der Waals surface area contributed by atoms with Crippen LogP contribution in [0.5, 0.6) is 0 Å². The number of hydrogen-bond donors (Lipinski definition) is 1. The molecule has 2 unspecified atom stereocenters. The fourth-order valence-electron chi connectivity index (χ4n) is 2.61. The number of nitriles is 1. The minimum atomic E-state index is -0.160. The lowest BCUT2D eigenvalue weighted by molar-refractivity contribution is 0.444. The predicted octanol–water partition coefficient (Wildman–Crippen LogP) is 3.76. The molecule has 2 atom stereocenters. The van der Waals surface area contributed by atoms with E-state index >= 15 is 0 Å². The Morgan fingerprint density at radius 3 is 2.22 bits per heavy atom. The molecule has 2 rings (SSSR count). The van der Waals surface area contributed by atoms with Crippen LogP contribution in [0.3, 0.4) is 0 Å². The Morgan fingerprint density at radius 2 is 1.83 bits per heavy atom. The van der Waals surface area contributed by atoms with Crippen LogP contribution in [0.25, 0.3) is 0 Å². The van der Waals surface area contributed by atoms with Gasteiger partial charge in [0.15, 0.2) is 0 Å². The lowest BCUT2D eigenvalue weighted by Gasteiger charge is -2.22. The van der Waals surface area contributed by atoms with Crippen molar-refractivity contribution < 1.29 is 0 Å². The predicted molar refractivity (Wildman–Crippen MR) is 74.2 cm³/mol. The third kappa shape index (κ3) is 2.28. The summed E-state index contributed by atoms with van der Waals surface area (Å²) < 4.78 is 0. The molecule has 0 amide bonds. The standard InChI is InChI=1S/C16H22N2/c1-4-12(2)13-5-7-14(8-6-13)15(18-3)16(11-17)9-10-16/h5-8,12,15,18H,4,9-10H2,1-3H3. The second-order valence-electron chi connectivity index (χ2n) is 5.47. The molecule has 0 radical (unpaired) electrons. The van der Waals surface area contributed by atoms with Gasteiger partial charge in [-0.05, 0) is 43.4 Å². The first-order chi connectivity index (χ1) is 8.66. The van der Waals surface area contributed by atoms with Gasteiger partial charge in [0.2, 0.25) is 0 Å². The molecule has 2 heteroatoms. The molecular weight excluding hydrogens is 220 g/mol. The first kappa shape index (κ1) is 13.1. The second kappa shape index (κ2) is 5.12. The highest BCUT2D eigenvalue weighted by molar-refractivity contribution is 5.32. The normalized spacial score (nSPS) is 19.9. The molecule has 1 N–H and O–H groups in total. The quantitative estimate of drug-likeness (QED) is 0.853. The Hall–Kier alpha value is -1.33. The maximum absolute atomic E-state index is 9.31. The summed E-state index contributed by atoms with van der Waals surface area (Å²) in [7, 11) is 1.95. The van der Waals surface area contributed by atoms with E-state index in [1.54, 1.807) is 0 Å². The molecule has 1 fully saturated rings. The monoisotopic (exact) mass is 242 g/mol. The van der Waals surface area contributed by atoms with E-state index < -0.39 is 0 Å². The van der Waals surface area contributed by atoms with E-state index in [4.69, 9.17) is 0 Å². The van der Waals surface area contributed by atoms with Gasteiger partial charge < -0.3 is 5.32 Å². The number of rotatable bonds is 5. The van der Waals surface area contributed by atoms with Crippen LogP contribution in [-0.2, 0) is 0 Å². The van der Waals surface area contributed by atoms with E-state index in [2.05, 4.69) is 49.5 Å². The van der Waals surface area contributed by atoms with Crippen LogP contribution in [-0.4, -0.2) is 7.05 Å². The van der Waals surface area contributed by atoms with Crippen molar-refractivity contribution in [3.8, 4) is 6.07 Å². The average Bonchev–Trinajstić information content (AvgIpc) is 3.20. The summed E-state index contributed by atoms with van der Waals surface area (Å²) in [5, 5.41) is 12.6. The largest absolute Gasteiger partial charge is 0.312 e. The lowest BCUT2D eigenvalue weighted by Crippen LogP contribution is -2.25. The van der Waals surface area contributed by atoms with Gasteiger partial charge in [0.1, 0.15) is 0 Å². The lowest BCUT2D eigenvalue weighted by atomic mass is 9.89. The molecular formula is C16H22N2. The zero-order chi connectivity index (χ0) is 13.2. The summed E-state index contributed by atoms with van der Waals surface area (Å²) in [6.07, 6.45) is 3.20. The first-order valence-electron chi connectivity index (χ1n) is 6.85. The van der Waals surface area contributed by atoms with Crippen LogP contribution in [0, 0.1) is 16.7 Å². The zero-order valence-corrected chi connectivity index (χ0v) is 11.5. The van der Waals surface area contributed by atoms with Gasteiger partial charge in [0.25, 0.3) is 0 Å².